The largest absolute Gasteiger partial charge is 0.477 e. The average Bonchev–Trinajstić information content (AvgIpc) is 3.02. The zero-order valence-electron chi connectivity index (χ0n) is 10.2. The quantitative estimate of drug-likeness (QED) is 0.664. The minimum atomic E-state index is -1.01. The number of aromatic carboxylic acids is 2. The van der Waals surface area contributed by atoms with Gasteiger partial charge < -0.3 is 10.2 Å². The third kappa shape index (κ3) is 5.82. The highest BCUT2D eigenvalue weighted by molar-refractivity contribution is 9.10. The van der Waals surface area contributed by atoms with E-state index in [-0.39, 0.29) is 11.4 Å². The fraction of sp³-hybridized carbons (Fsp3) is 0.200. The number of H-pyrrole nitrogens is 2. The molecule has 0 saturated heterocycles. The van der Waals surface area contributed by atoms with Crippen LogP contribution in [0.25, 0.3) is 0 Å². The number of aromatic nitrogens is 4. The van der Waals surface area contributed by atoms with Crippen LogP contribution in [0.3, 0.4) is 0 Å². The average molecular weight is 333 g/mol. The van der Waals surface area contributed by atoms with Crippen molar-refractivity contribution >= 4 is 27.9 Å². The lowest BCUT2D eigenvalue weighted by Crippen LogP contribution is -1.96. The first kappa shape index (κ1) is 16.8. The van der Waals surface area contributed by atoms with Crippen LogP contribution in [0.2, 0.25) is 0 Å². The van der Waals surface area contributed by atoms with Gasteiger partial charge in [0.1, 0.15) is 5.69 Å². The van der Waals surface area contributed by atoms with Gasteiger partial charge in [0.05, 0.1) is 10.7 Å². The molecule has 8 nitrogen and oxygen atoms in total. The minimum Gasteiger partial charge on any atom is -0.477 e. The molecule has 0 amide bonds. The molecule has 0 aliphatic heterocycles. The predicted octanol–water partition coefficient (Wildman–Crippen LogP) is 2.00. The molecule has 2 heterocycles. The molecule has 0 aliphatic rings. The summed E-state index contributed by atoms with van der Waals surface area (Å²) in [6, 6.07) is 1.39. The highest BCUT2D eigenvalue weighted by Gasteiger charge is 2.08. The van der Waals surface area contributed by atoms with Crippen molar-refractivity contribution < 1.29 is 19.8 Å². The Morgan fingerprint density at radius 2 is 1.79 bits per heavy atom. The van der Waals surface area contributed by atoms with E-state index in [9.17, 15) is 9.59 Å². The van der Waals surface area contributed by atoms with Gasteiger partial charge in [-0.25, -0.2) is 9.59 Å². The minimum absolute atomic E-state index is 0.0787. The van der Waals surface area contributed by atoms with Crippen LogP contribution in [0.5, 0.6) is 0 Å². The SMILES string of the molecule is CC.O=C(O)c1[nH]ncc1Br.O=C(O)c1ccn[nH]1. The topological polar surface area (TPSA) is 132 Å². The molecule has 0 radical (unpaired) electrons. The molecule has 0 saturated carbocycles. The number of carboxylic acids is 2. The van der Waals surface area contributed by atoms with Crippen molar-refractivity contribution in [2.24, 2.45) is 0 Å². The van der Waals surface area contributed by atoms with Crippen molar-refractivity contribution in [2.45, 2.75) is 13.8 Å². The van der Waals surface area contributed by atoms with E-state index >= 15 is 0 Å². The van der Waals surface area contributed by atoms with Crippen molar-refractivity contribution in [1.82, 2.24) is 20.4 Å². The van der Waals surface area contributed by atoms with E-state index in [0.717, 1.165) is 0 Å². The maximum Gasteiger partial charge on any atom is 0.355 e. The number of carboxylic acid groups (broad SMARTS) is 2. The Morgan fingerprint density at radius 3 is 2.00 bits per heavy atom. The molecule has 0 unspecified atom stereocenters. The lowest BCUT2D eigenvalue weighted by Gasteiger charge is -1.84. The van der Waals surface area contributed by atoms with Gasteiger partial charge in [-0.1, -0.05) is 13.8 Å². The Kier molecular flexibility index (Phi) is 7.85. The van der Waals surface area contributed by atoms with Gasteiger partial charge >= 0.3 is 11.9 Å². The van der Waals surface area contributed by atoms with Crippen LogP contribution in [0.15, 0.2) is 22.9 Å². The van der Waals surface area contributed by atoms with Gasteiger partial charge in [-0.15, -0.1) is 0 Å². The first-order valence-electron chi connectivity index (χ1n) is 5.17. The van der Waals surface area contributed by atoms with Crippen LogP contribution in [0.1, 0.15) is 34.8 Å². The fourth-order valence-electron chi connectivity index (χ4n) is 0.796. The van der Waals surface area contributed by atoms with Crippen LogP contribution in [-0.4, -0.2) is 42.5 Å². The predicted molar refractivity (Wildman–Crippen MR) is 70.1 cm³/mol. The number of aromatic amines is 2. The van der Waals surface area contributed by atoms with Crippen LogP contribution in [0.4, 0.5) is 0 Å². The Bertz CT molecular complexity index is 509. The van der Waals surface area contributed by atoms with Crippen LogP contribution in [0, 0.1) is 0 Å². The molecule has 0 aliphatic carbocycles. The second kappa shape index (κ2) is 8.86. The van der Waals surface area contributed by atoms with Crippen LogP contribution >= 0.6 is 15.9 Å². The molecular formula is C10H13BrN4O4. The molecule has 104 valence electrons. The third-order valence-electron chi connectivity index (χ3n) is 1.54. The summed E-state index contributed by atoms with van der Waals surface area (Å²) in [5, 5.41) is 28.1. The molecule has 2 aromatic rings. The molecule has 9 heteroatoms. The van der Waals surface area contributed by atoms with Gasteiger partial charge in [-0.05, 0) is 22.0 Å². The molecule has 0 fully saturated rings. The van der Waals surface area contributed by atoms with Crippen molar-refractivity contribution in [3.8, 4) is 0 Å². The van der Waals surface area contributed by atoms with Crippen molar-refractivity contribution in [1.29, 1.82) is 0 Å². The fourth-order valence-corrected chi connectivity index (χ4v) is 1.16. The second-order valence-electron chi connectivity index (χ2n) is 2.67. The Hall–Kier alpha value is -2.16. The molecule has 19 heavy (non-hydrogen) atoms. The van der Waals surface area contributed by atoms with E-state index in [2.05, 4.69) is 36.3 Å². The van der Waals surface area contributed by atoms with E-state index in [1.54, 1.807) is 0 Å². The normalized spacial score (nSPS) is 8.58. The Labute approximate surface area is 117 Å². The van der Waals surface area contributed by atoms with Gasteiger partial charge in [0.25, 0.3) is 0 Å². The van der Waals surface area contributed by atoms with E-state index < -0.39 is 11.9 Å². The summed E-state index contributed by atoms with van der Waals surface area (Å²) >= 11 is 2.99. The van der Waals surface area contributed by atoms with Gasteiger partial charge in [0, 0.05) is 6.20 Å². The van der Waals surface area contributed by atoms with E-state index in [4.69, 9.17) is 10.2 Å². The number of nitrogens with one attached hydrogen (secondary N) is 2. The van der Waals surface area contributed by atoms with E-state index in [0.29, 0.717) is 4.47 Å². The lowest BCUT2D eigenvalue weighted by molar-refractivity contribution is 0.0679. The number of rotatable bonds is 2. The maximum absolute atomic E-state index is 10.2. The summed E-state index contributed by atoms with van der Waals surface area (Å²) in [7, 11) is 0. The molecule has 0 bridgehead atoms. The Balaban J connectivity index is 0.000000303. The smallest absolute Gasteiger partial charge is 0.355 e. The number of hydrogen-bond acceptors (Lipinski definition) is 4. The highest BCUT2D eigenvalue weighted by Crippen LogP contribution is 2.11. The summed E-state index contributed by atoms with van der Waals surface area (Å²) in [4.78, 5) is 20.2. The molecule has 0 spiro atoms. The molecule has 4 N–H and O–H groups in total. The molecule has 2 rings (SSSR count). The van der Waals surface area contributed by atoms with Crippen LogP contribution < -0.4 is 0 Å². The lowest BCUT2D eigenvalue weighted by atomic mass is 10.4. The highest BCUT2D eigenvalue weighted by atomic mass is 79.9. The molecular weight excluding hydrogens is 320 g/mol. The van der Waals surface area contributed by atoms with Crippen molar-refractivity contribution in [2.75, 3.05) is 0 Å². The monoisotopic (exact) mass is 332 g/mol. The van der Waals surface area contributed by atoms with E-state index in [1.165, 1.54) is 18.5 Å². The van der Waals surface area contributed by atoms with Gasteiger partial charge in [-0.2, -0.15) is 10.2 Å². The third-order valence-corrected chi connectivity index (χ3v) is 2.14. The van der Waals surface area contributed by atoms with Crippen molar-refractivity contribution in [3.63, 3.8) is 0 Å². The molecule has 0 aromatic carbocycles. The maximum atomic E-state index is 10.2. The van der Waals surface area contributed by atoms with Gasteiger partial charge in [0.15, 0.2) is 5.69 Å². The molecule has 2 aromatic heterocycles. The standard InChI is InChI=1S/C4H3BrN2O2.C4H4N2O2.C2H6/c5-2-1-6-7-3(2)4(8)9;7-4(8)3-1-2-5-6-3;1-2/h1H,(H,6,7)(H,8,9);1-2H,(H,5,6)(H,7,8);1-2H3. The zero-order chi connectivity index (χ0) is 14.8. The second-order valence-corrected chi connectivity index (χ2v) is 3.53. The van der Waals surface area contributed by atoms with E-state index in [1.807, 2.05) is 13.8 Å². The van der Waals surface area contributed by atoms with Gasteiger partial charge in [0.2, 0.25) is 0 Å². The summed E-state index contributed by atoms with van der Waals surface area (Å²) in [5.41, 5.74) is 0.194. The number of carbonyl (C=O) groups is 2. The number of hydrogen-bond donors (Lipinski definition) is 4. The Morgan fingerprint density at radius 1 is 1.16 bits per heavy atom. The first-order chi connectivity index (χ1) is 9.02. The number of nitrogens with zero attached hydrogens (tertiary/aromatic N) is 2. The van der Waals surface area contributed by atoms with Gasteiger partial charge in [-0.3, -0.25) is 10.2 Å². The van der Waals surface area contributed by atoms with Crippen LogP contribution in [-0.2, 0) is 0 Å². The summed E-state index contributed by atoms with van der Waals surface area (Å²) < 4.78 is 0.468. The zero-order valence-corrected chi connectivity index (χ0v) is 11.8. The summed E-state index contributed by atoms with van der Waals surface area (Å²) in [6.45, 7) is 4.00. The summed E-state index contributed by atoms with van der Waals surface area (Å²) in [5.74, 6) is -2.00. The first-order valence-corrected chi connectivity index (χ1v) is 5.96. The summed E-state index contributed by atoms with van der Waals surface area (Å²) in [6.07, 6.45) is 2.78. The number of halogens is 1. The van der Waals surface area contributed by atoms with Crippen molar-refractivity contribution in [3.05, 3.63) is 34.3 Å². The molecule has 0 atom stereocenters.